The standard InChI is InChI=1S/C21H32N6O2/c1-3-29-19(28)14-27-21(24-25-26-27)20(18-9-7-15(2)8-10-18)23-13-17-6-4-5-16(11-17)12-22/h7-10,16-17,20,23H,3-6,11-14,22H2,1-2H3. The molecule has 29 heavy (non-hydrogen) atoms. The van der Waals surface area contributed by atoms with Gasteiger partial charge >= 0.3 is 5.97 Å². The fourth-order valence-electron chi connectivity index (χ4n) is 4.06. The second-order valence-electron chi connectivity index (χ2n) is 7.89. The Balaban J connectivity index is 1.78. The molecule has 1 aromatic heterocycles. The lowest BCUT2D eigenvalue weighted by molar-refractivity contribution is -0.144. The Morgan fingerprint density at radius 3 is 2.79 bits per heavy atom. The molecule has 8 heteroatoms. The number of carbonyl (C=O) groups excluding carboxylic acids is 1. The predicted octanol–water partition coefficient (Wildman–Crippen LogP) is 1.99. The Morgan fingerprint density at radius 1 is 1.31 bits per heavy atom. The zero-order chi connectivity index (χ0) is 20.6. The van der Waals surface area contributed by atoms with E-state index in [0.29, 0.717) is 24.3 Å². The number of rotatable bonds is 9. The lowest BCUT2D eigenvalue weighted by Crippen LogP contribution is -2.34. The summed E-state index contributed by atoms with van der Waals surface area (Å²) in [5.41, 5.74) is 8.16. The van der Waals surface area contributed by atoms with Crippen LogP contribution in [0.4, 0.5) is 0 Å². The Hall–Kier alpha value is -2.32. The van der Waals surface area contributed by atoms with Crippen molar-refractivity contribution < 1.29 is 9.53 Å². The van der Waals surface area contributed by atoms with E-state index in [0.717, 1.165) is 25.1 Å². The zero-order valence-corrected chi connectivity index (χ0v) is 17.4. The van der Waals surface area contributed by atoms with Gasteiger partial charge in [0.25, 0.3) is 0 Å². The largest absolute Gasteiger partial charge is 0.465 e. The van der Waals surface area contributed by atoms with Gasteiger partial charge in [-0.05, 0) is 74.0 Å². The van der Waals surface area contributed by atoms with E-state index in [1.54, 1.807) is 6.92 Å². The molecule has 3 N–H and O–H groups in total. The summed E-state index contributed by atoms with van der Waals surface area (Å²) in [5, 5.41) is 15.7. The van der Waals surface area contributed by atoms with Crippen molar-refractivity contribution in [1.29, 1.82) is 0 Å². The fourth-order valence-corrected chi connectivity index (χ4v) is 4.06. The number of nitrogens with two attached hydrogens (primary N) is 1. The van der Waals surface area contributed by atoms with Gasteiger partial charge in [-0.1, -0.05) is 36.2 Å². The quantitative estimate of drug-likeness (QED) is 0.620. The SMILES string of the molecule is CCOC(=O)Cn1nnnc1C(NCC1CCCC(CN)C1)c1ccc(C)cc1. The molecule has 1 aliphatic rings. The zero-order valence-electron chi connectivity index (χ0n) is 17.4. The number of ether oxygens (including phenoxy) is 1. The molecule has 0 spiro atoms. The smallest absolute Gasteiger partial charge is 0.327 e. The molecule has 8 nitrogen and oxygen atoms in total. The van der Waals surface area contributed by atoms with E-state index in [-0.39, 0.29) is 18.6 Å². The van der Waals surface area contributed by atoms with Crippen molar-refractivity contribution in [3.63, 3.8) is 0 Å². The third-order valence-corrected chi connectivity index (χ3v) is 5.65. The van der Waals surface area contributed by atoms with Gasteiger partial charge in [-0.25, -0.2) is 4.68 Å². The monoisotopic (exact) mass is 400 g/mol. The number of aromatic nitrogens is 4. The molecule has 3 unspecified atom stereocenters. The maximum atomic E-state index is 12.0. The van der Waals surface area contributed by atoms with Crippen molar-refractivity contribution in [3.05, 3.63) is 41.2 Å². The Labute approximate surface area is 172 Å². The first-order chi connectivity index (χ1) is 14.1. The normalized spacial score (nSPS) is 20.4. The lowest BCUT2D eigenvalue weighted by atomic mass is 9.81. The molecule has 1 saturated carbocycles. The van der Waals surface area contributed by atoms with E-state index in [4.69, 9.17) is 10.5 Å². The molecule has 1 aromatic carbocycles. The highest BCUT2D eigenvalue weighted by molar-refractivity contribution is 5.69. The van der Waals surface area contributed by atoms with Crippen LogP contribution in [0.5, 0.6) is 0 Å². The molecule has 0 aliphatic heterocycles. The molecule has 0 amide bonds. The van der Waals surface area contributed by atoms with Gasteiger partial charge in [-0.3, -0.25) is 4.79 Å². The lowest BCUT2D eigenvalue weighted by Gasteiger charge is -2.30. The second kappa shape index (κ2) is 10.5. The summed E-state index contributed by atoms with van der Waals surface area (Å²) < 4.78 is 6.59. The van der Waals surface area contributed by atoms with Crippen LogP contribution in [0.15, 0.2) is 24.3 Å². The summed E-state index contributed by atoms with van der Waals surface area (Å²) >= 11 is 0. The number of esters is 1. The highest BCUT2D eigenvalue weighted by Crippen LogP contribution is 2.29. The average Bonchev–Trinajstić information content (AvgIpc) is 3.17. The average molecular weight is 401 g/mol. The van der Waals surface area contributed by atoms with Gasteiger partial charge in [0.05, 0.1) is 12.6 Å². The van der Waals surface area contributed by atoms with Crippen LogP contribution in [0, 0.1) is 18.8 Å². The molecule has 1 aliphatic carbocycles. The second-order valence-corrected chi connectivity index (χ2v) is 7.89. The van der Waals surface area contributed by atoms with Gasteiger partial charge in [0, 0.05) is 0 Å². The molecule has 0 saturated heterocycles. The van der Waals surface area contributed by atoms with Gasteiger partial charge in [-0.2, -0.15) is 0 Å². The Kier molecular flexibility index (Phi) is 7.71. The summed E-state index contributed by atoms with van der Waals surface area (Å²) in [6, 6.07) is 8.13. The predicted molar refractivity (Wildman–Crippen MR) is 110 cm³/mol. The molecule has 1 fully saturated rings. The first kappa shape index (κ1) is 21.4. The van der Waals surface area contributed by atoms with Crippen LogP contribution >= 0.6 is 0 Å². The van der Waals surface area contributed by atoms with Crippen LogP contribution < -0.4 is 11.1 Å². The van der Waals surface area contributed by atoms with Crippen LogP contribution in [0.2, 0.25) is 0 Å². The number of hydrogen-bond donors (Lipinski definition) is 2. The minimum atomic E-state index is -0.346. The van der Waals surface area contributed by atoms with Crippen molar-refractivity contribution >= 4 is 5.97 Å². The molecule has 1 heterocycles. The number of hydrogen-bond acceptors (Lipinski definition) is 7. The number of nitrogens with one attached hydrogen (secondary N) is 1. The Bertz CT molecular complexity index is 776. The Morgan fingerprint density at radius 2 is 2.07 bits per heavy atom. The fraction of sp³-hybridized carbons (Fsp3) is 0.619. The van der Waals surface area contributed by atoms with E-state index in [1.807, 2.05) is 0 Å². The molecule has 0 bridgehead atoms. The van der Waals surface area contributed by atoms with Crippen LogP contribution in [-0.2, 0) is 16.1 Å². The van der Waals surface area contributed by atoms with Gasteiger partial charge in [0.1, 0.15) is 6.54 Å². The van der Waals surface area contributed by atoms with Crippen molar-refractivity contribution in [1.82, 2.24) is 25.5 Å². The van der Waals surface area contributed by atoms with E-state index in [1.165, 1.54) is 29.5 Å². The third kappa shape index (κ3) is 5.83. The van der Waals surface area contributed by atoms with Crippen LogP contribution in [0.3, 0.4) is 0 Å². The molecular weight excluding hydrogens is 368 g/mol. The molecule has 0 radical (unpaired) electrons. The number of tetrazole rings is 1. The van der Waals surface area contributed by atoms with Gasteiger partial charge in [-0.15, -0.1) is 5.10 Å². The number of benzene rings is 1. The first-order valence-electron chi connectivity index (χ1n) is 10.5. The van der Waals surface area contributed by atoms with Crippen LogP contribution in [0.1, 0.15) is 55.6 Å². The van der Waals surface area contributed by atoms with E-state index < -0.39 is 0 Å². The van der Waals surface area contributed by atoms with Gasteiger partial charge in [0.2, 0.25) is 0 Å². The summed E-state index contributed by atoms with van der Waals surface area (Å²) in [5.74, 6) is 1.47. The maximum Gasteiger partial charge on any atom is 0.327 e. The van der Waals surface area contributed by atoms with Crippen molar-refractivity contribution in [2.24, 2.45) is 17.6 Å². The summed E-state index contributed by atoms with van der Waals surface area (Å²) in [7, 11) is 0. The maximum absolute atomic E-state index is 12.0. The van der Waals surface area contributed by atoms with E-state index in [9.17, 15) is 4.79 Å². The van der Waals surface area contributed by atoms with Crippen molar-refractivity contribution in [3.8, 4) is 0 Å². The minimum Gasteiger partial charge on any atom is -0.465 e. The summed E-state index contributed by atoms with van der Waals surface area (Å²) in [4.78, 5) is 12.0. The van der Waals surface area contributed by atoms with Crippen molar-refractivity contribution in [2.45, 2.75) is 52.1 Å². The van der Waals surface area contributed by atoms with E-state index >= 15 is 0 Å². The van der Waals surface area contributed by atoms with Crippen LogP contribution in [-0.4, -0.2) is 45.9 Å². The molecule has 3 atom stereocenters. The molecular formula is C21H32N6O2. The third-order valence-electron chi connectivity index (χ3n) is 5.65. The molecule has 3 rings (SSSR count). The van der Waals surface area contributed by atoms with Gasteiger partial charge < -0.3 is 15.8 Å². The highest BCUT2D eigenvalue weighted by Gasteiger charge is 2.26. The summed E-state index contributed by atoms with van der Waals surface area (Å²) in [6.45, 7) is 5.80. The molecule has 2 aromatic rings. The minimum absolute atomic E-state index is 0.00110. The van der Waals surface area contributed by atoms with E-state index in [2.05, 4.69) is 52.0 Å². The first-order valence-corrected chi connectivity index (χ1v) is 10.5. The summed E-state index contributed by atoms with van der Waals surface area (Å²) in [6.07, 6.45) is 4.81. The topological polar surface area (TPSA) is 108 Å². The number of nitrogens with zero attached hydrogens (tertiary/aromatic N) is 4. The molecule has 158 valence electrons. The van der Waals surface area contributed by atoms with Crippen molar-refractivity contribution in [2.75, 3.05) is 19.7 Å². The number of carbonyl (C=O) groups is 1. The van der Waals surface area contributed by atoms with Gasteiger partial charge in [0.15, 0.2) is 5.82 Å². The highest BCUT2D eigenvalue weighted by atomic mass is 16.5. The number of aryl methyl sites for hydroxylation is 1. The van der Waals surface area contributed by atoms with Crippen LogP contribution in [0.25, 0.3) is 0 Å².